The Bertz CT molecular complexity index is 641. The Morgan fingerprint density at radius 1 is 1.17 bits per heavy atom. The average Bonchev–Trinajstić information content (AvgIpc) is 3.00. The molecule has 11 heteroatoms. The van der Waals surface area contributed by atoms with Gasteiger partial charge in [0.25, 0.3) is 0 Å². The first-order valence-corrected chi connectivity index (χ1v) is 12.4. The molecule has 0 bridgehead atoms. The number of thioether (sulfide) groups is 2. The molecular formula is C13H22N4O3S4. The third-order valence-electron chi connectivity index (χ3n) is 3.49. The zero-order valence-corrected chi connectivity index (χ0v) is 17.1. The minimum Gasteiger partial charge on any atom is -0.339 e. The SMILES string of the molecule is CCCCSc1nnc(SCC(=O)N2CCN(S(C)(=O)=O)CC2)s1. The summed E-state index contributed by atoms with van der Waals surface area (Å²) in [5.41, 5.74) is 0. The highest BCUT2D eigenvalue weighted by atomic mass is 32.2. The van der Waals surface area contributed by atoms with Crippen molar-refractivity contribution in [2.24, 2.45) is 0 Å². The fraction of sp³-hybridized carbons (Fsp3) is 0.769. The van der Waals surface area contributed by atoms with E-state index < -0.39 is 10.0 Å². The molecule has 2 rings (SSSR count). The quantitative estimate of drug-likeness (QED) is 0.476. The van der Waals surface area contributed by atoms with Crippen LogP contribution in [0, 0.1) is 0 Å². The van der Waals surface area contributed by atoms with Crippen molar-refractivity contribution in [2.75, 3.05) is 43.9 Å². The first kappa shape index (κ1) is 20.0. The lowest BCUT2D eigenvalue weighted by atomic mass is 10.3. The number of amides is 1. The van der Waals surface area contributed by atoms with Gasteiger partial charge in [-0.3, -0.25) is 4.79 Å². The summed E-state index contributed by atoms with van der Waals surface area (Å²) in [5.74, 6) is 1.37. The third kappa shape index (κ3) is 6.17. The maximum Gasteiger partial charge on any atom is 0.233 e. The summed E-state index contributed by atoms with van der Waals surface area (Å²) in [6.45, 7) is 3.78. The molecule has 136 valence electrons. The molecule has 0 aromatic carbocycles. The summed E-state index contributed by atoms with van der Waals surface area (Å²) < 4.78 is 26.1. The van der Waals surface area contributed by atoms with Crippen molar-refractivity contribution in [3.05, 3.63) is 0 Å². The van der Waals surface area contributed by atoms with E-state index in [0.29, 0.717) is 31.9 Å². The van der Waals surface area contributed by atoms with Crippen molar-refractivity contribution < 1.29 is 13.2 Å². The minimum absolute atomic E-state index is 0.0172. The molecular weight excluding hydrogens is 388 g/mol. The molecule has 24 heavy (non-hydrogen) atoms. The smallest absolute Gasteiger partial charge is 0.233 e. The summed E-state index contributed by atoms with van der Waals surface area (Å²) in [6.07, 6.45) is 3.52. The zero-order valence-electron chi connectivity index (χ0n) is 13.8. The van der Waals surface area contributed by atoms with E-state index in [0.717, 1.165) is 27.3 Å². The molecule has 1 aromatic heterocycles. The number of unbranched alkanes of at least 4 members (excludes halogenated alkanes) is 1. The Morgan fingerprint density at radius 3 is 2.38 bits per heavy atom. The predicted molar refractivity (Wildman–Crippen MR) is 99.3 cm³/mol. The van der Waals surface area contributed by atoms with E-state index in [1.54, 1.807) is 16.7 Å². The lowest BCUT2D eigenvalue weighted by molar-refractivity contribution is -0.129. The van der Waals surface area contributed by atoms with E-state index >= 15 is 0 Å². The third-order valence-corrected chi connectivity index (χ3v) is 8.05. The number of carbonyl (C=O) groups excluding carboxylic acids is 1. The molecule has 0 aliphatic carbocycles. The fourth-order valence-electron chi connectivity index (χ4n) is 2.10. The van der Waals surface area contributed by atoms with Gasteiger partial charge in [-0.15, -0.1) is 10.2 Å². The number of sulfonamides is 1. The normalized spacial score (nSPS) is 16.5. The van der Waals surface area contributed by atoms with Crippen molar-refractivity contribution in [1.29, 1.82) is 0 Å². The van der Waals surface area contributed by atoms with Crippen LogP contribution in [0.25, 0.3) is 0 Å². The Hall–Kier alpha value is -0.360. The molecule has 1 saturated heterocycles. The molecule has 1 amide bonds. The van der Waals surface area contributed by atoms with Gasteiger partial charge in [0.15, 0.2) is 8.68 Å². The molecule has 0 saturated carbocycles. The van der Waals surface area contributed by atoms with Gasteiger partial charge in [0.05, 0.1) is 12.0 Å². The van der Waals surface area contributed by atoms with Crippen LogP contribution in [0.5, 0.6) is 0 Å². The molecule has 0 N–H and O–H groups in total. The summed E-state index contributed by atoms with van der Waals surface area (Å²) in [5, 5.41) is 8.24. The van der Waals surface area contributed by atoms with Crippen molar-refractivity contribution in [3.8, 4) is 0 Å². The van der Waals surface area contributed by atoms with Crippen molar-refractivity contribution in [2.45, 2.75) is 28.4 Å². The molecule has 1 aliphatic heterocycles. The van der Waals surface area contributed by atoms with Gasteiger partial charge in [0.1, 0.15) is 0 Å². The van der Waals surface area contributed by atoms with Crippen LogP contribution >= 0.6 is 34.9 Å². The fourth-order valence-corrected chi connectivity index (χ4v) is 6.01. The summed E-state index contributed by atoms with van der Waals surface area (Å²) >= 11 is 4.62. The molecule has 1 fully saturated rings. The van der Waals surface area contributed by atoms with E-state index in [4.69, 9.17) is 0 Å². The van der Waals surface area contributed by atoms with Gasteiger partial charge in [0.2, 0.25) is 15.9 Å². The highest BCUT2D eigenvalue weighted by Gasteiger charge is 2.26. The van der Waals surface area contributed by atoms with Gasteiger partial charge in [-0.25, -0.2) is 8.42 Å². The number of hydrogen-bond acceptors (Lipinski definition) is 8. The minimum atomic E-state index is -3.17. The second-order valence-corrected chi connectivity index (χ2v) is 10.9. The largest absolute Gasteiger partial charge is 0.339 e. The summed E-state index contributed by atoms with van der Waals surface area (Å²) in [7, 11) is -3.17. The highest BCUT2D eigenvalue weighted by Crippen LogP contribution is 2.29. The van der Waals surface area contributed by atoms with Gasteiger partial charge in [-0.2, -0.15) is 4.31 Å². The molecule has 0 atom stereocenters. The van der Waals surface area contributed by atoms with Gasteiger partial charge in [0, 0.05) is 31.9 Å². The molecule has 1 aromatic rings. The van der Waals surface area contributed by atoms with Gasteiger partial charge in [-0.05, 0) is 6.42 Å². The van der Waals surface area contributed by atoms with Gasteiger partial charge < -0.3 is 4.90 Å². The van der Waals surface area contributed by atoms with Crippen LogP contribution in [0.1, 0.15) is 19.8 Å². The zero-order chi connectivity index (χ0) is 17.6. The van der Waals surface area contributed by atoms with Crippen LogP contribution in [-0.4, -0.2) is 77.7 Å². The highest BCUT2D eigenvalue weighted by molar-refractivity contribution is 8.03. The molecule has 0 unspecified atom stereocenters. The maximum atomic E-state index is 12.2. The van der Waals surface area contributed by atoms with Crippen LogP contribution in [0.3, 0.4) is 0 Å². The number of aromatic nitrogens is 2. The van der Waals surface area contributed by atoms with Crippen LogP contribution < -0.4 is 0 Å². The first-order valence-electron chi connectivity index (χ1n) is 7.72. The van der Waals surface area contributed by atoms with Crippen molar-refractivity contribution in [3.63, 3.8) is 0 Å². The van der Waals surface area contributed by atoms with E-state index in [1.807, 2.05) is 0 Å². The summed E-state index contributed by atoms with van der Waals surface area (Å²) in [4.78, 5) is 13.9. The van der Waals surface area contributed by atoms with Crippen LogP contribution in [0.15, 0.2) is 8.68 Å². The number of piperazine rings is 1. The first-order chi connectivity index (χ1) is 11.4. The van der Waals surface area contributed by atoms with E-state index in [1.165, 1.54) is 33.7 Å². The number of carbonyl (C=O) groups is 1. The topological polar surface area (TPSA) is 83.5 Å². The lowest BCUT2D eigenvalue weighted by Crippen LogP contribution is -2.50. The second kappa shape index (κ2) is 9.37. The molecule has 1 aliphatic rings. The Kier molecular flexibility index (Phi) is 7.79. The van der Waals surface area contributed by atoms with E-state index in [9.17, 15) is 13.2 Å². The van der Waals surface area contributed by atoms with Gasteiger partial charge in [-0.1, -0.05) is 48.2 Å². The van der Waals surface area contributed by atoms with Crippen LogP contribution in [0.2, 0.25) is 0 Å². The molecule has 0 radical (unpaired) electrons. The maximum absolute atomic E-state index is 12.2. The van der Waals surface area contributed by atoms with E-state index in [-0.39, 0.29) is 5.91 Å². The van der Waals surface area contributed by atoms with Crippen LogP contribution in [-0.2, 0) is 14.8 Å². The summed E-state index contributed by atoms with van der Waals surface area (Å²) in [6, 6.07) is 0. The molecule has 0 spiro atoms. The van der Waals surface area contributed by atoms with Gasteiger partial charge >= 0.3 is 0 Å². The van der Waals surface area contributed by atoms with Crippen molar-refractivity contribution in [1.82, 2.24) is 19.4 Å². The Morgan fingerprint density at radius 2 is 1.79 bits per heavy atom. The Labute approximate surface area is 155 Å². The predicted octanol–water partition coefficient (Wildman–Crippen LogP) is 1.63. The molecule has 2 heterocycles. The van der Waals surface area contributed by atoms with E-state index in [2.05, 4.69) is 17.1 Å². The monoisotopic (exact) mass is 410 g/mol. The lowest BCUT2D eigenvalue weighted by Gasteiger charge is -2.33. The number of rotatable bonds is 8. The Balaban J connectivity index is 1.74. The standard InChI is InChI=1S/C13H22N4O3S4/c1-3-4-9-21-12-14-15-13(23-12)22-10-11(18)16-5-7-17(8-6-16)24(2,19)20/h3-10H2,1-2H3. The average molecular weight is 411 g/mol. The second-order valence-electron chi connectivity index (χ2n) is 5.37. The number of hydrogen-bond donors (Lipinski definition) is 0. The van der Waals surface area contributed by atoms with Crippen LogP contribution in [0.4, 0.5) is 0 Å². The number of nitrogens with zero attached hydrogens (tertiary/aromatic N) is 4. The van der Waals surface area contributed by atoms with Crippen molar-refractivity contribution >= 4 is 50.8 Å². The molecule has 7 nitrogen and oxygen atoms in total.